The van der Waals surface area contributed by atoms with E-state index in [1.165, 1.54) is 0 Å². The van der Waals surface area contributed by atoms with E-state index in [2.05, 4.69) is 0 Å². The van der Waals surface area contributed by atoms with Crippen LogP contribution in [0.2, 0.25) is 0 Å². The van der Waals surface area contributed by atoms with Crippen LogP contribution in [0.15, 0.2) is 30.3 Å². The summed E-state index contributed by atoms with van der Waals surface area (Å²) in [5.41, 5.74) is 0.0300. The first-order chi connectivity index (χ1) is 9.66. The van der Waals surface area contributed by atoms with Gasteiger partial charge in [-0.15, -0.1) is 0 Å². The van der Waals surface area contributed by atoms with E-state index in [9.17, 15) is 5.11 Å². The van der Waals surface area contributed by atoms with Gasteiger partial charge < -0.3 is 15.3 Å². The van der Waals surface area contributed by atoms with E-state index in [-0.39, 0.29) is 6.04 Å². The highest BCUT2D eigenvalue weighted by molar-refractivity contribution is 6.27. The standard InChI is InChI=1S/C12H20N2O.C2H2O4/c1-4-12(15,10(2)14(3)13)11-8-6-5-7-9-11;3-1(4)2(5)6/h5-10,15H,4,13H2,1-3H3;(H,3,4)(H,5,6). The maximum atomic E-state index is 10.6. The van der Waals surface area contributed by atoms with Gasteiger partial charge in [-0.2, -0.15) is 0 Å². The molecule has 0 aliphatic heterocycles. The number of aliphatic carboxylic acids is 2. The van der Waals surface area contributed by atoms with Crippen molar-refractivity contribution in [2.24, 2.45) is 5.84 Å². The minimum absolute atomic E-state index is 0.120. The highest BCUT2D eigenvalue weighted by Crippen LogP contribution is 2.30. The number of hydrazine groups is 1. The van der Waals surface area contributed by atoms with Crippen LogP contribution in [0, 0.1) is 0 Å². The van der Waals surface area contributed by atoms with Gasteiger partial charge in [-0.3, -0.25) is 5.84 Å². The second-order valence-corrected chi connectivity index (χ2v) is 4.60. The summed E-state index contributed by atoms with van der Waals surface area (Å²) in [6.45, 7) is 3.89. The van der Waals surface area contributed by atoms with Gasteiger partial charge in [-0.05, 0) is 18.9 Å². The molecule has 0 fully saturated rings. The van der Waals surface area contributed by atoms with Gasteiger partial charge in [-0.1, -0.05) is 37.3 Å². The van der Waals surface area contributed by atoms with Crippen LogP contribution in [0.5, 0.6) is 0 Å². The SMILES string of the molecule is CCC(O)(c1ccccc1)C(C)N(C)N.O=C(O)C(=O)O. The van der Waals surface area contributed by atoms with Crippen molar-refractivity contribution in [1.29, 1.82) is 0 Å². The van der Waals surface area contributed by atoms with Crippen molar-refractivity contribution in [1.82, 2.24) is 5.01 Å². The van der Waals surface area contributed by atoms with Crippen LogP contribution in [-0.2, 0) is 15.2 Å². The van der Waals surface area contributed by atoms with Gasteiger partial charge in [0.25, 0.3) is 0 Å². The topological polar surface area (TPSA) is 124 Å². The van der Waals surface area contributed by atoms with E-state index in [1.54, 1.807) is 12.1 Å². The van der Waals surface area contributed by atoms with E-state index >= 15 is 0 Å². The first-order valence-electron chi connectivity index (χ1n) is 6.38. The molecular weight excluding hydrogens is 276 g/mol. The minimum Gasteiger partial charge on any atom is -0.473 e. The third kappa shape index (κ3) is 5.50. The van der Waals surface area contributed by atoms with Gasteiger partial charge in [0.2, 0.25) is 0 Å². The summed E-state index contributed by atoms with van der Waals surface area (Å²) in [6.07, 6.45) is 0.639. The number of hydrogen-bond donors (Lipinski definition) is 4. The molecule has 0 heterocycles. The first kappa shape index (κ1) is 19.0. The number of nitrogens with two attached hydrogens (primary N) is 1. The molecule has 2 atom stereocenters. The summed E-state index contributed by atoms with van der Waals surface area (Å²) >= 11 is 0. The lowest BCUT2D eigenvalue weighted by Gasteiger charge is -2.37. The lowest BCUT2D eigenvalue weighted by Crippen LogP contribution is -2.50. The smallest absolute Gasteiger partial charge is 0.414 e. The Morgan fingerprint density at radius 1 is 1.24 bits per heavy atom. The molecule has 21 heavy (non-hydrogen) atoms. The summed E-state index contributed by atoms with van der Waals surface area (Å²) in [5, 5.41) is 26.9. The zero-order chi connectivity index (χ0) is 16.6. The Morgan fingerprint density at radius 3 is 1.95 bits per heavy atom. The van der Waals surface area contributed by atoms with Crippen molar-refractivity contribution in [3.63, 3.8) is 0 Å². The summed E-state index contributed by atoms with van der Waals surface area (Å²) in [5.74, 6) is 2.06. The maximum absolute atomic E-state index is 10.6. The second kappa shape index (κ2) is 8.35. The Morgan fingerprint density at radius 2 is 1.67 bits per heavy atom. The van der Waals surface area contributed by atoms with Crippen molar-refractivity contribution in [3.8, 4) is 0 Å². The van der Waals surface area contributed by atoms with Crippen LogP contribution in [-0.4, -0.2) is 45.4 Å². The van der Waals surface area contributed by atoms with Crippen LogP contribution >= 0.6 is 0 Å². The van der Waals surface area contributed by atoms with E-state index < -0.39 is 17.5 Å². The second-order valence-electron chi connectivity index (χ2n) is 4.60. The average Bonchev–Trinajstić information content (AvgIpc) is 2.46. The van der Waals surface area contributed by atoms with Crippen molar-refractivity contribution >= 4 is 11.9 Å². The van der Waals surface area contributed by atoms with Gasteiger partial charge >= 0.3 is 11.9 Å². The number of aliphatic hydroxyl groups is 1. The number of carboxylic acid groups (broad SMARTS) is 2. The number of hydrogen-bond acceptors (Lipinski definition) is 5. The van der Waals surface area contributed by atoms with Gasteiger partial charge in [0.05, 0.1) is 6.04 Å². The number of likely N-dealkylation sites (N-methyl/N-ethyl adjacent to an activating group) is 1. The highest BCUT2D eigenvalue weighted by atomic mass is 16.4. The fourth-order valence-corrected chi connectivity index (χ4v) is 1.80. The van der Waals surface area contributed by atoms with E-state index in [0.29, 0.717) is 6.42 Å². The molecule has 118 valence electrons. The molecule has 1 rings (SSSR count). The van der Waals surface area contributed by atoms with Crippen molar-refractivity contribution in [2.45, 2.75) is 31.9 Å². The Kier molecular flexibility index (Phi) is 7.57. The molecule has 0 aromatic heterocycles. The van der Waals surface area contributed by atoms with Crippen LogP contribution in [0.3, 0.4) is 0 Å². The van der Waals surface area contributed by atoms with E-state index in [1.807, 2.05) is 44.2 Å². The molecule has 0 amide bonds. The largest absolute Gasteiger partial charge is 0.473 e. The average molecular weight is 298 g/mol. The van der Waals surface area contributed by atoms with Crippen molar-refractivity contribution in [3.05, 3.63) is 35.9 Å². The van der Waals surface area contributed by atoms with Gasteiger partial charge in [0.1, 0.15) is 5.60 Å². The number of nitrogens with zero attached hydrogens (tertiary/aromatic N) is 1. The molecule has 0 aliphatic rings. The summed E-state index contributed by atoms with van der Waals surface area (Å²) in [4.78, 5) is 18.2. The number of benzene rings is 1. The quantitative estimate of drug-likeness (QED) is 0.365. The fraction of sp³-hybridized carbons (Fsp3) is 0.429. The van der Waals surface area contributed by atoms with Crippen LogP contribution in [0.1, 0.15) is 25.8 Å². The molecule has 5 N–H and O–H groups in total. The zero-order valence-electron chi connectivity index (χ0n) is 12.4. The highest BCUT2D eigenvalue weighted by Gasteiger charge is 2.35. The van der Waals surface area contributed by atoms with Crippen LogP contribution in [0.4, 0.5) is 0 Å². The summed E-state index contributed by atoms with van der Waals surface area (Å²) in [7, 11) is 1.77. The number of carbonyl (C=O) groups is 2. The molecule has 0 radical (unpaired) electrons. The lowest BCUT2D eigenvalue weighted by atomic mass is 9.84. The third-order valence-corrected chi connectivity index (χ3v) is 3.30. The van der Waals surface area contributed by atoms with Gasteiger partial charge in [0, 0.05) is 7.05 Å². The van der Waals surface area contributed by atoms with Crippen LogP contribution in [0.25, 0.3) is 0 Å². The monoisotopic (exact) mass is 298 g/mol. The van der Waals surface area contributed by atoms with E-state index in [4.69, 9.17) is 25.6 Å². The molecule has 1 aromatic rings. The van der Waals surface area contributed by atoms with Crippen LogP contribution < -0.4 is 5.84 Å². The molecule has 2 unspecified atom stereocenters. The minimum atomic E-state index is -1.82. The molecule has 0 bridgehead atoms. The van der Waals surface area contributed by atoms with E-state index in [0.717, 1.165) is 5.56 Å². The molecule has 7 heteroatoms. The zero-order valence-corrected chi connectivity index (χ0v) is 12.4. The summed E-state index contributed by atoms with van der Waals surface area (Å²) < 4.78 is 0. The molecule has 0 saturated carbocycles. The fourth-order valence-electron chi connectivity index (χ4n) is 1.80. The van der Waals surface area contributed by atoms with Crippen molar-refractivity contribution < 1.29 is 24.9 Å². The molecule has 0 saturated heterocycles. The van der Waals surface area contributed by atoms with Gasteiger partial charge in [-0.25, -0.2) is 14.6 Å². The Labute approximate surface area is 123 Å². The number of rotatable bonds is 4. The molecule has 1 aromatic carbocycles. The predicted molar refractivity (Wildman–Crippen MR) is 77.3 cm³/mol. The Bertz CT molecular complexity index is 452. The third-order valence-electron chi connectivity index (χ3n) is 3.30. The Balaban J connectivity index is 0.000000567. The number of carboxylic acids is 2. The lowest BCUT2D eigenvalue weighted by molar-refractivity contribution is -0.159. The van der Waals surface area contributed by atoms with Crippen molar-refractivity contribution in [2.75, 3.05) is 7.05 Å². The predicted octanol–water partition coefficient (Wildman–Crippen LogP) is 0.634. The normalized spacial score (nSPS) is 14.6. The first-order valence-corrected chi connectivity index (χ1v) is 6.38. The molecule has 7 nitrogen and oxygen atoms in total. The maximum Gasteiger partial charge on any atom is 0.414 e. The van der Waals surface area contributed by atoms with Gasteiger partial charge in [0.15, 0.2) is 0 Å². The molecule has 0 spiro atoms. The summed E-state index contributed by atoms with van der Waals surface area (Å²) in [6, 6.07) is 9.55. The molecular formula is C14H22N2O5. The Hall–Kier alpha value is -1.96. The molecule has 0 aliphatic carbocycles.